The summed E-state index contributed by atoms with van der Waals surface area (Å²) in [5.41, 5.74) is -0.0647. The van der Waals surface area contributed by atoms with E-state index in [0.29, 0.717) is 0 Å². The van der Waals surface area contributed by atoms with Crippen LogP contribution in [0.3, 0.4) is 0 Å². The number of nitro groups is 1. The molecule has 0 aliphatic carbocycles. The van der Waals surface area contributed by atoms with Crippen molar-refractivity contribution >= 4 is 11.8 Å². The molecular weight excluding hydrogens is 236 g/mol. The first-order valence-corrected chi connectivity index (χ1v) is 5.32. The summed E-state index contributed by atoms with van der Waals surface area (Å²) in [6, 6.07) is 7.93. The first-order valence-electron chi connectivity index (χ1n) is 5.32. The van der Waals surface area contributed by atoms with E-state index in [1.54, 1.807) is 18.2 Å². The third kappa shape index (κ3) is 8.09. The van der Waals surface area contributed by atoms with Crippen LogP contribution in [0.1, 0.15) is 20.8 Å². The minimum atomic E-state index is -0.417. The summed E-state index contributed by atoms with van der Waals surface area (Å²) < 4.78 is 4.38. The van der Waals surface area contributed by atoms with Crippen LogP contribution in [0.25, 0.3) is 0 Å². The number of methoxy groups -OCH3 is 1. The monoisotopic (exact) mass is 254 g/mol. The number of non-ortho nitro benzene ring substituents is 1. The molecule has 0 aromatic heterocycles. The smallest absolute Gasteiger partial charge is 0.407 e. The van der Waals surface area contributed by atoms with Gasteiger partial charge in [-0.1, -0.05) is 18.2 Å². The standard InChI is InChI=1S/C6H5NO2.C6H13NO2/c8-7(9)6-4-2-1-3-5-6;1-6(2,3)7-5(8)9-4/h1-5H;1-4H3,(H,7,8). The molecular formula is C12H18N2O4. The number of para-hydroxylation sites is 1. The molecule has 1 aromatic rings. The average Bonchev–Trinajstić information content (AvgIpc) is 2.28. The number of hydrogen-bond donors (Lipinski definition) is 1. The summed E-state index contributed by atoms with van der Waals surface area (Å²) in [7, 11) is 1.35. The second kappa shape index (κ2) is 7.26. The van der Waals surface area contributed by atoms with Crippen LogP contribution in [0, 0.1) is 10.1 Å². The van der Waals surface area contributed by atoms with Crippen molar-refractivity contribution < 1.29 is 14.5 Å². The fourth-order valence-corrected chi connectivity index (χ4v) is 0.907. The Balaban J connectivity index is 0.000000321. The van der Waals surface area contributed by atoms with Crippen LogP contribution in [-0.2, 0) is 4.74 Å². The number of nitrogens with one attached hydrogen (secondary N) is 1. The molecule has 0 bridgehead atoms. The first-order chi connectivity index (χ1) is 8.26. The zero-order chi connectivity index (χ0) is 14.2. The molecule has 0 aliphatic rings. The first kappa shape index (κ1) is 15.9. The van der Waals surface area contributed by atoms with Gasteiger partial charge in [0.1, 0.15) is 0 Å². The van der Waals surface area contributed by atoms with E-state index in [-0.39, 0.29) is 17.3 Å². The van der Waals surface area contributed by atoms with Gasteiger partial charge in [0.15, 0.2) is 0 Å². The normalized spacial score (nSPS) is 9.78. The summed E-state index contributed by atoms with van der Waals surface area (Å²) in [5, 5.41) is 12.6. The molecule has 18 heavy (non-hydrogen) atoms. The minimum absolute atomic E-state index is 0.137. The Labute approximate surface area is 106 Å². The highest BCUT2D eigenvalue weighted by molar-refractivity contribution is 5.67. The van der Waals surface area contributed by atoms with E-state index in [1.165, 1.54) is 19.2 Å². The third-order valence-electron chi connectivity index (χ3n) is 1.63. The molecule has 0 fully saturated rings. The number of rotatable bonds is 1. The Hall–Kier alpha value is -2.11. The SMILES string of the molecule is COC(=O)NC(C)(C)C.O=[N+]([O-])c1ccccc1. The van der Waals surface area contributed by atoms with Crippen molar-refractivity contribution in [1.82, 2.24) is 5.32 Å². The van der Waals surface area contributed by atoms with Gasteiger partial charge >= 0.3 is 6.09 Å². The van der Waals surface area contributed by atoms with E-state index in [4.69, 9.17) is 0 Å². The van der Waals surface area contributed by atoms with Crippen molar-refractivity contribution in [3.05, 3.63) is 40.4 Å². The highest BCUT2D eigenvalue weighted by atomic mass is 16.6. The minimum Gasteiger partial charge on any atom is -0.453 e. The molecule has 6 nitrogen and oxygen atoms in total. The zero-order valence-electron chi connectivity index (χ0n) is 11.0. The quantitative estimate of drug-likeness (QED) is 0.617. The van der Waals surface area contributed by atoms with Crippen molar-refractivity contribution in [2.75, 3.05) is 7.11 Å². The van der Waals surface area contributed by atoms with Gasteiger partial charge in [0.05, 0.1) is 12.0 Å². The summed E-state index contributed by atoms with van der Waals surface area (Å²) >= 11 is 0. The lowest BCUT2D eigenvalue weighted by Gasteiger charge is -2.18. The number of hydrogen-bond acceptors (Lipinski definition) is 4. The molecule has 0 aliphatic heterocycles. The Morgan fingerprint density at radius 1 is 1.28 bits per heavy atom. The molecule has 6 heteroatoms. The second-order valence-corrected chi connectivity index (χ2v) is 4.46. The van der Waals surface area contributed by atoms with E-state index >= 15 is 0 Å². The van der Waals surface area contributed by atoms with Gasteiger partial charge in [-0.2, -0.15) is 0 Å². The number of nitrogens with zero attached hydrogens (tertiary/aromatic N) is 1. The molecule has 100 valence electrons. The number of benzene rings is 1. The third-order valence-corrected chi connectivity index (χ3v) is 1.63. The van der Waals surface area contributed by atoms with Crippen molar-refractivity contribution in [2.45, 2.75) is 26.3 Å². The van der Waals surface area contributed by atoms with Crippen molar-refractivity contribution in [3.8, 4) is 0 Å². The van der Waals surface area contributed by atoms with Crippen molar-refractivity contribution in [3.63, 3.8) is 0 Å². The van der Waals surface area contributed by atoms with Crippen LogP contribution in [0.15, 0.2) is 30.3 Å². The fourth-order valence-electron chi connectivity index (χ4n) is 0.907. The van der Waals surface area contributed by atoms with E-state index in [0.717, 1.165) is 0 Å². The maximum atomic E-state index is 10.5. The maximum absolute atomic E-state index is 10.5. The highest BCUT2D eigenvalue weighted by Gasteiger charge is 2.12. The number of alkyl carbamates (subject to hydrolysis) is 1. The molecule has 1 aromatic carbocycles. The van der Waals surface area contributed by atoms with Crippen LogP contribution in [-0.4, -0.2) is 23.7 Å². The predicted octanol–water partition coefficient (Wildman–Crippen LogP) is 2.74. The Morgan fingerprint density at radius 3 is 2.00 bits per heavy atom. The fraction of sp³-hybridized carbons (Fsp3) is 0.417. The topological polar surface area (TPSA) is 81.5 Å². The van der Waals surface area contributed by atoms with Gasteiger partial charge in [0, 0.05) is 17.7 Å². The van der Waals surface area contributed by atoms with Gasteiger partial charge < -0.3 is 10.1 Å². The lowest BCUT2D eigenvalue weighted by atomic mass is 10.1. The Morgan fingerprint density at radius 2 is 1.78 bits per heavy atom. The maximum Gasteiger partial charge on any atom is 0.407 e. The number of amides is 1. The van der Waals surface area contributed by atoms with Gasteiger partial charge in [-0.25, -0.2) is 4.79 Å². The van der Waals surface area contributed by atoms with Crippen molar-refractivity contribution in [1.29, 1.82) is 0 Å². The van der Waals surface area contributed by atoms with Gasteiger partial charge in [-0.3, -0.25) is 10.1 Å². The molecule has 0 saturated heterocycles. The molecule has 1 rings (SSSR count). The van der Waals surface area contributed by atoms with Gasteiger partial charge in [-0.05, 0) is 20.8 Å². The molecule has 0 atom stereocenters. The van der Waals surface area contributed by atoms with Gasteiger partial charge in [0.25, 0.3) is 5.69 Å². The molecule has 1 amide bonds. The van der Waals surface area contributed by atoms with Crippen LogP contribution in [0.5, 0.6) is 0 Å². The van der Waals surface area contributed by atoms with E-state index in [9.17, 15) is 14.9 Å². The average molecular weight is 254 g/mol. The van der Waals surface area contributed by atoms with Crippen LogP contribution < -0.4 is 5.32 Å². The predicted molar refractivity (Wildman–Crippen MR) is 68.4 cm³/mol. The highest BCUT2D eigenvalue weighted by Crippen LogP contribution is 2.06. The van der Waals surface area contributed by atoms with E-state index < -0.39 is 4.92 Å². The van der Waals surface area contributed by atoms with E-state index in [1.807, 2.05) is 20.8 Å². The summed E-state index contributed by atoms with van der Waals surface area (Å²) in [5.74, 6) is 0. The molecule has 0 spiro atoms. The lowest BCUT2D eigenvalue weighted by molar-refractivity contribution is -0.384. The molecule has 0 unspecified atom stereocenters. The molecule has 0 heterocycles. The lowest BCUT2D eigenvalue weighted by Crippen LogP contribution is -2.40. The Kier molecular flexibility index (Phi) is 6.41. The number of nitro benzene ring substituents is 1. The summed E-state index contributed by atoms with van der Waals surface area (Å²) in [4.78, 5) is 20.1. The van der Waals surface area contributed by atoms with Crippen LogP contribution in [0.4, 0.5) is 10.5 Å². The van der Waals surface area contributed by atoms with Crippen LogP contribution >= 0.6 is 0 Å². The summed E-state index contributed by atoms with van der Waals surface area (Å²) in [6.07, 6.45) is -0.387. The largest absolute Gasteiger partial charge is 0.453 e. The number of carbonyl (C=O) groups is 1. The molecule has 1 N–H and O–H groups in total. The second-order valence-electron chi connectivity index (χ2n) is 4.46. The Bertz CT molecular complexity index is 385. The van der Waals surface area contributed by atoms with E-state index in [2.05, 4.69) is 10.1 Å². The van der Waals surface area contributed by atoms with Crippen molar-refractivity contribution in [2.24, 2.45) is 0 Å². The van der Waals surface area contributed by atoms with Crippen LogP contribution in [0.2, 0.25) is 0 Å². The zero-order valence-corrected chi connectivity index (χ0v) is 11.0. The van der Waals surface area contributed by atoms with Gasteiger partial charge in [0.2, 0.25) is 0 Å². The summed E-state index contributed by atoms with van der Waals surface area (Å²) in [6.45, 7) is 5.68. The molecule has 0 radical (unpaired) electrons. The molecule has 0 saturated carbocycles. The van der Waals surface area contributed by atoms with Gasteiger partial charge in [-0.15, -0.1) is 0 Å². The number of ether oxygens (including phenoxy) is 1. The number of carbonyl (C=O) groups excluding carboxylic acids is 1.